The lowest BCUT2D eigenvalue weighted by atomic mass is 10.1. The summed E-state index contributed by atoms with van der Waals surface area (Å²) in [7, 11) is 0. The molecule has 1 saturated heterocycles. The standard InChI is InChI=1S/C20H21FN6O3/c1-12-16-5-4-14(21)7-17(16)27(25-12)20-22-8-13(9-23-20)19(30)24-15-3-2-6-26(10-15)18(29)11-28/h4-5,7-9,15,28H,2-3,6,10-11H2,1H3,(H,24,30)/t15-/m1/s1. The van der Waals surface area contributed by atoms with Gasteiger partial charge in [0.1, 0.15) is 12.4 Å². The van der Waals surface area contributed by atoms with Crippen molar-refractivity contribution >= 4 is 22.7 Å². The van der Waals surface area contributed by atoms with E-state index < -0.39 is 6.61 Å². The highest BCUT2D eigenvalue weighted by Crippen LogP contribution is 2.21. The maximum absolute atomic E-state index is 13.7. The first-order valence-electron chi connectivity index (χ1n) is 9.63. The van der Waals surface area contributed by atoms with Crippen molar-refractivity contribution in [2.75, 3.05) is 19.7 Å². The first-order valence-corrected chi connectivity index (χ1v) is 9.63. The van der Waals surface area contributed by atoms with E-state index in [0.29, 0.717) is 18.6 Å². The molecule has 1 aromatic carbocycles. The van der Waals surface area contributed by atoms with E-state index in [-0.39, 0.29) is 35.2 Å². The lowest BCUT2D eigenvalue weighted by molar-refractivity contribution is -0.135. The Kier molecular flexibility index (Phi) is 5.40. The van der Waals surface area contributed by atoms with Crippen molar-refractivity contribution in [1.29, 1.82) is 0 Å². The summed E-state index contributed by atoms with van der Waals surface area (Å²) in [5.41, 5.74) is 1.53. The summed E-state index contributed by atoms with van der Waals surface area (Å²) >= 11 is 0. The molecule has 0 aliphatic carbocycles. The van der Waals surface area contributed by atoms with Gasteiger partial charge in [-0.05, 0) is 31.9 Å². The van der Waals surface area contributed by atoms with Crippen molar-refractivity contribution in [3.05, 3.63) is 47.7 Å². The Hall–Kier alpha value is -3.40. The zero-order valence-corrected chi connectivity index (χ0v) is 16.4. The molecule has 2 N–H and O–H groups in total. The average Bonchev–Trinajstić information content (AvgIpc) is 3.09. The first-order chi connectivity index (χ1) is 14.5. The van der Waals surface area contributed by atoms with Crippen LogP contribution >= 0.6 is 0 Å². The Bertz CT molecular complexity index is 1100. The summed E-state index contributed by atoms with van der Waals surface area (Å²) in [6.45, 7) is 2.20. The van der Waals surface area contributed by atoms with Gasteiger partial charge in [0.2, 0.25) is 5.91 Å². The van der Waals surface area contributed by atoms with Gasteiger partial charge >= 0.3 is 0 Å². The number of hydrogen-bond acceptors (Lipinski definition) is 6. The Morgan fingerprint density at radius 1 is 1.30 bits per heavy atom. The van der Waals surface area contributed by atoms with Crippen LogP contribution < -0.4 is 5.32 Å². The molecule has 0 unspecified atom stereocenters. The van der Waals surface area contributed by atoms with Crippen LogP contribution in [-0.2, 0) is 4.79 Å². The van der Waals surface area contributed by atoms with Gasteiger partial charge in [-0.1, -0.05) is 0 Å². The quantitative estimate of drug-likeness (QED) is 0.660. The van der Waals surface area contributed by atoms with Gasteiger partial charge in [0.25, 0.3) is 11.9 Å². The van der Waals surface area contributed by atoms with Crippen molar-refractivity contribution in [3.63, 3.8) is 0 Å². The molecule has 2 aromatic heterocycles. The highest BCUT2D eigenvalue weighted by molar-refractivity contribution is 5.94. The lowest BCUT2D eigenvalue weighted by Crippen LogP contribution is -2.50. The number of aliphatic hydroxyl groups excluding tert-OH is 1. The van der Waals surface area contributed by atoms with Gasteiger partial charge in [-0.25, -0.2) is 14.4 Å². The third-order valence-corrected chi connectivity index (χ3v) is 5.16. The van der Waals surface area contributed by atoms with E-state index >= 15 is 0 Å². The number of carbonyl (C=O) groups excluding carboxylic acids is 2. The number of likely N-dealkylation sites (tertiary alicyclic amines) is 1. The van der Waals surface area contributed by atoms with Crippen molar-refractivity contribution in [3.8, 4) is 5.95 Å². The van der Waals surface area contributed by atoms with Crippen molar-refractivity contribution in [2.45, 2.75) is 25.8 Å². The summed E-state index contributed by atoms with van der Waals surface area (Å²) in [5.74, 6) is -0.856. The fourth-order valence-electron chi connectivity index (χ4n) is 3.63. The van der Waals surface area contributed by atoms with E-state index in [1.807, 2.05) is 6.92 Å². The third-order valence-electron chi connectivity index (χ3n) is 5.16. The number of nitrogens with one attached hydrogen (secondary N) is 1. The number of aliphatic hydroxyl groups is 1. The third kappa shape index (κ3) is 3.86. The minimum Gasteiger partial charge on any atom is -0.387 e. The van der Waals surface area contributed by atoms with Gasteiger partial charge < -0.3 is 15.3 Å². The fourth-order valence-corrected chi connectivity index (χ4v) is 3.63. The van der Waals surface area contributed by atoms with Gasteiger partial charge in [-0.15, -0.1) is 0 Å². The van der Waals surface area contributed by atoms with Crippen LogP contribution in [0.5, 0.6) is 0 Å². The summed E-state index contributed by atoms with van der Waals surface area (Å²) in [6.07, 6.45) is 4.26. The number of aromatic nitrogens is 4. The SMILES string of the molecule is Cc1nn(-c2ncc(C(=O)N[C@@H]3CCCN(C(=O)CO)C3)cn2)c2cc(F)ccc12. The highest BCUT2D eigenvalue weighted by atomic mass is 19.1. The van der Waals surface area contributed by atoms with Crippen LogP contribution in [0.15, 0.2) is 30.6 Å². The summed E-state index contributed by atoms with van der Waals surface area (Å²) in [6, 6.07) is 4.18. The summed E-state index contributed by atoms with van der Waals surface area (Å²) in [5, 5.41) is 17.1. The molecule has 3 aromatic rings. The second-order valence-electron chi connectivity index (χ2n) is 7.24. The molecule has 3 heterocycles. The Morgan fingerprint density at radius 2 is 2.07 bits per heavy atom. The zero-order valence-electron chi connectivity index (χ0n) is 16.4. The highest BCUT2D eigenvalue weighted by Gasteiger charge is 2.25. The van der Waals surface area contributed by atoms with Gasteiger partial charge in [-0.2, -0.15) is 9.78 Å². The number of rotatable bonds is 4. The first kappa shape index (κ1) is 19.9. The number of aryl methyl sites for hydroxylation is 1. The van der Waals surface area contributed by atoms with E-state index in [0.717, 1.165) is 23.9 Å². The molecule has 0 radical (unpaired) electrons. The molecule has 156 valence electrons. The number of fused-ring (bicyclic) bond motifs is 1. The Labute approximate surface area is 171 Å². The van der Waals surface area contributed by atoms with Gasteiger partial charge in [0, 0.05) is 43.0 Å². The number of piperidine rings is 1. The molecule has 1 fully saturated rings. The van der Waals surface area contributed by atoms with Gasteiger partial charge in [0.15, 0.2) is 0 Å². The van der Waals surface area contributed by atoms with Crippen molar-refractivity contribution in [2.24, 2.45) is 0 Å². The van der Waals surface area contributed by atoms with E-state index in [2.05, 4.69) is 20.4 Å². The number of carbonyl (C=O) groups is 2. The summed E-state index contributed by atoms with van der Waals surface area (Å²) in [4.78, 5) is 34.2. The minimum absolute atomic E-state index is 0.206. The van der Waals surface area contributed by atoms with Gasteiger partial charge in [-0.3, -0.25) is 9.59 Å². The second-order valence-corrected chi connectivity index (χ2v) is 7.24. The second kappa shape index (κ2) is 8.15. The fraction of sp³-hybridized carbons (Fsp3) is 0.350. The maximum Gasteiger partial charge on any atom is 0.254 e. The maximum atomic E-state index is 13.7. The van der Waals surface area contributed by atoms with Crippen LogP contribution in [0.2, 0.25) is 0 Å². The number of amides is 2. The molecule has 0 spiro atoms. The smallest absolute Gasteiger partial charge is 0.254 e. The molecule has 1 atom stereocenters. The van der Waals surface area contributed by atoms with Crippen LogP contribution in [0.25, 0.3) is 16.9 Å². The average molecular weight is 412 g/mol. The van der Waals surface area contributed by atoms with E-state index in [1.165, 1.54) is 29.2 Å². The number of halogens is 1. The predicted octanol–water partition coefficient (Wildman–Crippen LogP) is 0.976. The number of hydrogen-bond donors (Lipinski definition) is 2. The van der Waals surface area contributed by atoms with Crippen LogP contribution in [0, 0.1) is 12.7 Å². The Morgan fingerprint density at radius 3 is 2.80 bits per heavy atom. The largest absolute Gasteiger partial charge is 0.387 e. The van der Waals surface area contributed by atoms with Crippen LogP contribution in [0.4, 0.5) is 4.39 Å². The van der Waals surface area contributed by atoms with Crippen molar-refractivity contribution < 1.29 is 19.1 Å². The van der Waals surface area contributed by atoms with Crippen LogP contribution in [-0.4, -0.2) is 67.3 Å². The topological polar surface area (TPSA) is 113 Å². The summed E-state index contributed by atoms with van der Waals surface area (Å²) < 4.78 is 15.1. The molecular weight excluding hydrogens is 391 g/mol. The molecule has 30 heavy (non-hydrogen) atoms. The minimum atomic E-state index is -0.540. The van der Waals surface area contributed by atoms with E-state index in [9.17, 15) is 14.0 Å². The molecule has 10 heteroatoms. The normalized spacial score (nSPS) is 16.6. The molecule has 9 nitrogen and oxygen atoms in total. The molecule has 0 bridgehead atoms. The monoisotopic (exact) mass is 412 g/mol. The molecule has 0 saturated carbocycles. The van der Waals surface area contributed by atoms with E-state index in [4.69, 9.17) is 5.11 Å². The molecule has 2 amide bonds. The van der Waals surface area contributed by atoms with Gasteiger partial charge in [0.05, 0.1) is 16.8 Å². The molecule has 4 rings (SSSR count). The molecule has 1 aliphatic heterocycles. The van der Waals surface area contributed by atoms with E-state index in [1.54, 1.807) is 11.0 Å². The molecular formula is C20H21FN6O3. The Balaban J connectivity index is 1.49. The predicted molar refractivity (Wildman–Crippen MR) is 106 cm³/mol. The number of benzene rings is 1. The van der Waals surface area contributed by atoms with Crippen LogP contribution in [0.1, 0.15) is 28.9 Å². The van der Waals surface area contributed by atoms with Crippen molar-refractivity contribution in [1.82, 2.24) is 30.0 Å². The lowest BCUT2D eigenvalue weighted by Gasteiger charge is -2.32. The number of nitrogens with zero attached hydrogens (tertiary/aromatic N) is 5. The van der Waals surface area contributed by atoms with Crippen LogP contribution in [0.3, 0.4) is 0 Å². The molecule has 1 aliphatic rings. The zero-order chi connectivity index (χ0) is 21.3.